The standard InChI is InChI=1S/C20H29N3O2/c1-16(24)22-14-10-19(11-15-22)21-20(25)23-12-5-8-18(9-13-23)17-6-3-2-4-7-17/h2-4,6-7,18-19H,5,8-15H2,1H3,(H,21,25). The molecular formula is C20H29N3O2. The first kappa shape index (κ1) is 17.8. The Balaban J connectivity index is 1.48. The molecule has 25 heavy (non-hydrogen) atoms. The summed E-state index contributed by atoms with van der Waals surface area (Å²) in [6, 6.07) is 10.9. The molecule has 2 fully saturated rings. The van der Waals surface area contributed by atoms with E-state index in [0.717, 1.165) is 58.3 Å². The van der Waals surface area contributed by atoms with Gasteiger partial charge in [-0.05, 0) is 43.6 Å². The van der Waals surface area contributed by atoms with Crippen LogP contribution in [0.1, 0.15) is 50.5 Å². The molecule has 2 heterocycles. The zero-order valence-corrected chi connectivity index (χ0v) is 15.1. The summed E-state index contributed by atoms with van der Waals surface area (Å²) in [5.74, 6) is 0.682. The summed E-state index contributed by atoms with van der Waals surface area (Å²) >= 11 is 0. The Labute approximate surface area is 150 Å². The number of urea groups is 1. The van der Waals surface area contributed by atoms with Crippen LogP contribution in [0.15, 0.2) is 30.3 Å². The number of piperidine rings is 1. The molecule has 1 unspecified atom stereocenters. The summed E-state index contributed by atoms with van der Waals surface area (Å²) in [4.78, 5) is 27.8. The van der Waals surface area contributed by atoms with Gasteiger partial charge in [0.05, 0.1) is 0 Å². The van der Waals surface area contributed by atoms with Crippen molar-refractivity contribution in [3.05, 3.63) is 35.9 Å². The van der Waals surface area contributed by atoms with Gasteiger partial charge in [0.1, 0.15) is 0 Å². The smallest absolute Gasteiger partial charge is 0.317 e. The predicted octanol–water partition coefficient (Wildman–Crippen LogP) is 2.98. The quantitative estimate of drug-likeness (QED) is 0.897. The molecule has 2 saturated heterocycles. The van der Waals surface area contributed by atoms with Crippen LogP contribution in [-0.2, 0) is 4.79 Å². The van der Waals surface area contributed by atoms with E-state index in [1.54, 1.807) is 6.92 Å². The van der Waals surface area contributed by atoms with Crippen LogP contribution in [0.5, 0.6) is 0 Å². The lowest BCUT2D eigenvalue weighted by Crippen LogP contribution is -2.50. The third-order valence-corrected chi connectivity index (χ3v) is 5.55. The molecule has 3 amide bonds. The second kappa shape index (κ2) is 8.37. The molecule has 0 aliphatic carbocycles. The van der Waals surface area contributed by atoms with E-state index in [9.17, 15) is 9.59 Å². The molecule has 0 radical (unpaired) electrons. The van der Waals surface area contributed by atoms with Gasteiger partial charge in [-0.2, -0.15) is 0 Å². The molecule has 5 heteroatoms. The first-order chi connectivity index (χ1) is 12.1. The predicted molar refractivity (Wildman–Crippen MR) is 98.4 cm³/mol. The number of hydrogen-bond donors (Lipinski definition) is 1. The lowest BCUT2D eigenvalue weighted by atomic mass is 9.92. The van der Waals surface area contributed by atoms with Crippen LogP contribution in [0.2, 0.25) is 0 Å². The Hall–Kier alpha value is -2.04. The lowest BCUT2D eigenvalue weighted by Gasteiger charge is -2.33. The number of likely N-dealkylation sites (tertiary alicyclic amines) is 2. The van der Waals surface area contributed by atoms with Crippen LogP contribution in [0.25, 0.3) is 0 Å². The van der Waals surface area contributed by atoms with Crippen molar-refractivity contribution in [2.45, 2.75) is 51.0 Å². The molecule has 0 spiro atoms. The van der Waals surface area contributed by atoms with E-state index < -0.39 is 0 Å². The number of nitrogens with one attached hydrogen (secondary N) is 1. The third-order valence-electron chi connectivity index (χ3n) is 5.55. The maximum atomic E-state index is 12.6. The average Bonchev–Trinajstić information content (AvgIpc) is 2.89. The first-order valence-electron chi connectivity index (χ1n) is 9.49. The number of carbonyl (C=O) groups excluding carboxylic acids is 2. The van der Waals surface area contributed by atoms with Gasteiger partial charge in [-0.1, -0.05) is 30.3 Å². The van der Waals surface area contributed by atoms with E-state index in [-0.39, 0.29) is 18.0 Å². The van der Waals surface area contributed by atoms with E-state index in [1.165, 1.54) is 5.56 Å². The van der Waals surface area contributed by atoms with Gasteiger partial charge in [0.25, 0.3) is 0 Å². The van der Waals surface area contributed by atoms with E-state index in [0.29, 0.717) is 5.92 Å². The minimum absolute atomic E-state index is 0.0648. The molecule has 1 N–H and O–H groups in total. The largest absolute Gasteiger partial charge is 0.343 e. The van der Waals surface area contributed by atoms with Crippen LogP contribution in [0.4, 0.5) is 4.79 Å². The molecular weight excluding hydrogens is 314 g/mol. The molecule has 0 bridgehead atoms. The number of hydrogen-bond acceptors (Lipinski definition) is 2. The summed E-state index contributed by atoms with van der Waals surface area (Å²) in [7, 11) is 0. The highest BCUT2D eigenvalue weighted by Gasteiger charge is 2.26. The Morgan fingerprint density at radius 2 is 1.60 bits per heavy atom. The van der Waals surface area contributed by atoms with Crippen molar-refractivity contribution in [2.75, 3.05) is 26.2 Å². The fourth-order valence-electron chi connectivity index (χ4n) is 3.96. The minimum Gasteiger partial charge on any atom is -0.343 e. The molecule has 3 rings (SSSR count). The van der Waals surface area contributed by atoms with Gasteiger partial charge < -0.3 is 15.1 Å². The molecule has 136 valence electrons. The van der Waals surface area contributed by atoms with E-state index in [2.05, 4.69) is 35.6 Å². The fraction of sp³-hybridized carbons (Fsp3) is 0.600. The Morgan fingerprint density at radius 1 is 0.920 bits per heavy atom. The van der Waals surface area contributed by atoms with Crippen LogP contribution >= 0.6 is 0 Å². The van der Waals surface area contributed by atoms with Gasteiger partial charge in [0.2, 0.25) is 5.91 Å². The molecule has 0 aromatic heterocycles. The molecule has 2 aliphatic rings. The monoisotopic (exact) mass is 343 g/mol. The number of amides is 3. The SMILES string of the molecule is CC(=O)N1CCC(NC(=O)N2CCCC(c3ccccc3)CC2)CC1. The van der Waals surface area contributed by atoms with Crippen LogP contribution in [0, 0.1) is 0 Å². The first-order valence-corrected chi connectivity index (χ1v) is 9.49. The highest BCUT2D eigenvalue weighted by atomic mass is 16.2. The number of rotatable bonds is 2. The van der Waals surface area contributed by atoms with Gasteiger partial charge in [-0.15, -0.1) is 0 Å². The Kier molecular flexibility index (Phi) is 5.95. The van der Waals surface area contributed by atoms with Gasteiger partial charge >= 0.3 is 6.03 Å². The minimum atomic E-state index is 0.0648. The lowest BCUT2D eigenvalue weighted by molar-refractivity contribution is -0.129. The van der Waals surface area contributed by atoms with Crippen LogP contribution in [0.3, 0.4) is 0 Å². The third kappa shape index (κ3) is 4.74. The van der Waals surface area contributed by atoms with Gasteiger partial charge in [0.15, 0.2) is 0 Å². The van der Waals surface area contributed by atoms with Crippen molar-refractivity contribution in [2.24, 2.45) is 0 Å². The van der Waals surface area contributed by atoms with Crippen molar-refractivity contribution < 1.29 is 9.59 Å². The normalized spacial score (nSPS) is 22.4. The molecule has 2 aliphatic heterocycles. The Morgan fingerprint density at radius 3 is 2.28 bits per heavy atom. The van der Waals surface area contributed by atoms with Crippen molar-refractivity contribution in [1.82, 2.24) is 15.1 Å². The van der Waals surface area contributed by atoms with E-state index in [1.807, 2.05) is 9.80 Å². The Bertz CT molecular complexity index is 582. The second-order valence-electron chi connectivity index (χ2n) is 7.26. The molecule has 1 aromatic rings. The topological polar surface area (TPSA) is 52.7 Å². The van der Waals surface area contributed by atoms with Crippen molar-refractivity contribution >= 4 is 11.9 Å². The second-order valence-corrected chi connectivity index (χ2v) is 7.26. The zero-order valence-electron chi connectivity index (χ0n) is 15.1. The van der Waals surface area contributed by atoms with Crippen molar-refractivity contribution in [1.29, 1.82) is 0 Å². The fourth-order valence-corrected chi connectivity index (χ4v) is 3.96. The van der Waals surface area contributed by atoms with Crippen LogP contribution in [-0.4, -0.2) is 54.0 Å². The zero-order chi connectivity index (χ0) is 17.6. The summed E-state index contributed by atoms with van der Waals surface area (Å²) in [5.41, 5.74) is 1.39. The maximum Gasteiger partial charge on any atom is 0.317 e. The summed E-state index contributed by atoms with van der Waals surface area (Å²) in [6.45, 7) is 4.76. The molecule has 1 aromatic carbocycles. The van der Waals surface area contributed by atoms with Crippen molar-refractivity contribution in [3.8, 4) is 0 Å². The molecule has 1 atom stereocenters. The van der Waals surface area contributed by atoms with Gasteiger partial charge in [-0.25, -0.2) is 4.79 Å². The van der Waals surface area contributed by atoms with Gasteiger partial charge in [0, 0.05) is 39.1 Å². The summed E-state index contributed by atoms with van der Waals surface area (Å²) in [5, 5.41) is 3.18. The van der Waals surface area contributed by atoms with E-state index >= 15 is 0 Å². The number of benzene rings is 1. The number of nitrogens with zero attached hydrogens (tertiary/aromatic N) is 2. The average molecular weight is 343 g/mol. The summed E-state index contributed by atoms with van der Waals surface area (Å²) in [6.07, 6.45) is 4.93. The maximum absolute atomic E-state index is 12.6. The van der Waals surface area contributed by atoms with E-state index in [4.69, 9.17) is 0 Å². The van der Waals surface area contributed by atoms with Crippen molar-refractivity contribution in [3.63, 3.8) is 0 Å². The summed E-state index contributed by atoms with van der Waals surface area (Å²) < 4.78 is 0. The molecule has 5 nitrogen and oxygen atoms in total. The number of carbonyl (C=O) groups is 2. The van der Waals surface area contributed by atoms with Crippen LogP contribution < -0.4 is 5.32 Å². The molecule has 0 saturated carbocycles. The highest BCUT2D eigenvalue weighted by Crippen LogP contribution is 2.27. The highest BCUT2D eigenvalue weighted by molar-refractivity contribution is 5.75. The van der Waals surface area contributed by atoms with Gasteiger partial charge in [-0.3, -0.25) is 4.79 Å².